The Morgan fingerprint density at radius 3 is 2.56 bits per heavy atom. The maximum absolute atomic E-state index is 13.3. The molecule has 0 unspecified atom stereocenters. The fourth-order valence-electron chi connectivity index (χ4n) is 3.55. The van der Waals surface area contributed by atoms with E-state index in [0.29, 0.717) is 50.5 Å². The summed E-state index contributed by atoms with van der Waals surface area (Å²) in [5.74, 6) is 0.335. The summed E-state index contributed by atoms with van der Waals surface area (Å²) in [6.07, 6.45) is 2.46. The van der Waals surface area contributed by atoms with Crippen molar-refractivity contribution in [1.82, 2.24) is 14.5 Å². The molecular weight excluding hydrogens is 408 g/mol. The summed E-state index contributed by atoms with van der Waals surface area (Å²) in [6.45, 7) is 11.1. The number of carbonyl (C=O) groups is 1. The van der Waals surface area contributed by atoms with Crippen LogP contribution in [0.15, 0.2) is 53.6 Å². The van der Waals surface area contributed by atoms with Crippen molar-refractivity contribution in [3.05, 3.63) is 70.4 Å². The number of aryl methyl sites for hydroxylation is 1. The fourth-order valence-corrected chi connectivity index (χ4v) is 3.55. The lowest BCUT2D eigenvalue weighted by Gasteiger charge is -2.37. The van der Waals surface area contributed by atoms with Gasteiger partial charge in [-0.1, -0.05) is 36.9 Å². The first-order valence-electron chi connectivity index (χ1n) is 10.9. The third-order valence-corrected chi connectivity index (χ3v) is 5.06. The summed E-state index contributed by atoms with van der Waals surface area (Å²) in [6, 6.07) is 9.76. The zero-order chi connectivity index (χ0) is 23.3. The van der Waals surface area contributed by atoms with Crippen molar-refractivity contribution in [2.75, 3.05) is 31.1 Å². The van der Waals surface area contributed by atoms with Gasteiger partial charge in [0.05, 0.1) is 18.8 Å². The topological polar surface area (TPSA) is 87.9 Å². The molecule has 1 aromatic carbocycles. The SMILES string of the molecule is C=C1CN(c2nc(CCCO)cn(Cc3ccccc3)c2=O)CCN1C(=O)OC(C)(C)C. The standard InChI is InChI=1S/C24H32N4O4/c1-18-15-26(12-13-28(18)23(31)32-24(2,3)4)21-22(30)27(16-19-9-6-5-7-10-19)17-20(25-21)11-8-14-29/h5-7,9-10,17,29H,1,8,11-16H2,2-4H3. The molecule has 0 saturated carbocycles. The second-order valence-electron chi connectivity index (χ2n) is 8.92. The Kier molecular flexibility index (Phi) is 7.35. The van der Waals surface area contributed by atoms with Crippen LogP contribution in [0.25, 0.3) is 0 Å². The molecule has 0 spiro atoms. The van der Waals surface area contributed by atoms with Gasteiger partial charge in [-0.2, -0.15) is 0 Å². The zero-order valence-electron chi connectivity index (χ0n) is 19.1. The number of benzene rings is 1. The Bertz CT molecular complexity index is 1010. The van der Waals surface area contributed by atoms with Crippen LogP contribution in [-0.2, 0) is 17.7 Å². The number of hydrogen-bond donors (Lipinski definition) is 1. The first-order chi connectivity index (χ1) is 15.2. The highest BCUT2D eigenvalue weighted by Gasteiger charge is 2.30. The number of hydrogen-bond acceptors (Lipinski definition) is 6. The first kappa shape index (κ1) is 23.5. The molecule has 1 N–H and O–H groups in total. The summed E-state index contributed by atoms with van der Waals surface area (Å²) in [5, 5.41) is 9.23. The van der Waals surface area contributed by atoms with Crippen LogP contribution in [0.4, 0.5) is 10.6 Å². The maximum Gasteiger partial charge on any atom is 0.414 e. The first-order valence-corrected chi connectivity index (χ1v) is 10.9. The van der Waals surface area contributed by atoms with Crippen molar-refractivity contribution in [2.45, 2.75) is 45.8 Å². The third kappa shape index (κ3) is 5.97. The van der Waals surface area contributed by atoms with E-state index >= 15 is 0 Å². The van der Waals surface area contributed by atoms with Crippen LogP contribution >= 0.6 is 0 Å². The predicted octanol–water partition coefficient (Wildman–Crippen LogP) is 2.79. The smallest absolute Gasteiger partial charge is 0.414 e. The van der Waals surface area contributed by atoms with Gasteiger partial charge in [-0.25, -0.2) is 9.78 Å². The van der Waals surface area contributed by atoms with E-state index in [1.54, 1.807) is 10.8 Å². The van der Waals surface area contributed by atoms with Crippen molar-refractivity contribution in [1.29, 1.82) is 0 Å². The Morgan fingerprint density at radius 1 is 1.22 bits per heavy atom. The van der Waals surface area contributed by atoms with Gasteiger partial charge < -0.3 is 19.3 Å². The molecule has 32 heavy (non-hydrogen) atoms. The van der Waals surface area contributed by atoms with E-state index in [2.05, 4.69) is 11.6 Å². The van der Waals surface area contributed by atoms with Gasteiger partial charge >= 0.3 is 6.09 Å². The summed E-state index contributed by atoms with van der Waals surface area (Å²) < 4.78 is 7.12. The molecule has 1 aliphatic heterocycles. The predicted molar refractivity (Wildman–Crippen MR) is 124 cm³/mol. The second kappa shape index (κ2) is 9.99. The minimum atomic E-state index is -0.595. The van der Waals surface area contributed by atoms with E-state index < -0.39 is 11.7 Å². The van der Waals surface area contributed by atoms with Crippen LogP contribution in [0.1, 0.15) is 38.4 Å². The Labute approximate surface area is 188 Å². The van der Waals surface area contributed by atoms with Crippen molar-refractivity contribution in [3.63, 3.8) is 0 Å². The Balaban J connectivity index is 1.85. The molecule has 0 radical (unpaired) electrons. The van der Waals surface area contributed by atoms with Gasteiger partial charge in [-0.3, -0.25) is 9.69 Å². The summed E-state index contributed by atoms with van der Waals surface area (Å²) in [7, 11) is 0. The average molecular weight is 441 g/mol. The lowest BCUT2D eigenvalue weighted by atomic mass is 10.2. The number of ether oxygens (including phenoxy) is 1. The van der Waals surface area contributed by atoms with Gasteiger partial charge in [0.1, 0.15) is 5.60 Å². The molecule has 1 aliphatic rings. The van der Waals surface area contributed by atoms with E-state index in [0.717, 1.165) is 11.3 Å². The molecule has 3 rings (SSSR count). The normalized spacial score (nSPS) is 14.6. The number of nitrogens with zero attached hydrogens (tertiary/aromatic N) is 4. The number of rotatable bonds is 6. The third-order valence-electron chi connectivity index (χ3n) is 5.06. The van der Waals surface area contributed by atoms with Gasteiger partial charge in [0.15, 0.2) is 5.82 Å². The Morgan fingerprint density at radius 2 is 1.94 bits per heavy atom. The quantitative estimate of drug-likeness (QED) is 0.743. The Hall–Kier alpha value is -3.13. The summed E-state index contributed by atoms with van der Waals surface area (Å²) in [5.41, 5.74) is 1.52. The van der Waals surface area contributed by atoms with Gasteiger partial charge in [0.2, 0.25) is 0 Å². The molecule has 1 aromatic heterocycles. The molecular formula is C24H32N4O4. The minimum absolute atomic E-state index is 0.0557. The van der Waals surface area contributed by atoms with Gasteiger partial charge in [0.25, 0.3) is 5.56 Å². The number of aliphatic hydroxyl groups is 1. The molecule has 0 bridgehead atoms. The molecule has 1 amide bonds. The number of piperazine rings is 1. The largest absolute Gasteiger partial charge is 0.443 e. The number of aromatic nitrogens is 2. The highest BCUT2D eigenvalue weighted by molar-refractivity contribution is 5.71. The van der Waals surface area contributed by atoms with Gasteiger partial charge in [0, 0.05) is 31.6 Å². The molecule has 172 valence electrons. The average Bonchev–Trinajstić information content (AvgIpc) is 2.73. The lowest BCUT2D eigenvalue weighted by molar-refractivity contribution is 0.0303. The van der Waals surface area contributed by atoms with Gasteiger partial charge in [-0.15, -0.1) is 0 Å². The monoisotopic (exact) mass is 440 g/mol. The van der Waals surface area contributed by atoms with Crippen molar-refractivity contribution < 1.29 is 14.6 Å². The summed E-state index contributed by atoms with van der Waals surface area (Å²) in [4.78, 5) is 33.7. The molecule has 8 nitrogen and oxygen atoms in total. The molecule has 0 atom stereocenters. The van der Waals surface area contributed by atoms with Crippen molar-refractivity contribution in [3.8, 4) is 0 Å². The molecule has 2 aromatic rings. The van der Waals surface area contributed by atoms with E-state index in [9.17, 15) is 14.7 Å². The molecule has 8 heteroatoms. The van der Waals surface area contributed by atoms with Crippen molar-refractivity contribution in [2.24, 2.45) is 0 Å². The molecule has 1 saturated heterocycles. The summed E-state index contributed by atoms with van der Waals surface area (Å²) >= 11 is 0. The number of carbonyl (C=O) groups excluding carboxylic acids is 1. The van der Waals surface area contributed by atoms with Crippen LogP contribution in [0.2, 0.25) is 0 Å². The second-order valence-corrected chi connectivity index (χ2v) is 8.92. The fraction of sp³-hybridized carbons (Fsp3) is 0.458. The van der Waals surface area contributed by atoms with E-state index in [1.165, 1.54) is 4.90 Å². The number of anilines is 1. The lowest BCUT2D eigenvalue weighted by Crippen LogP contribution is -2.50. The van der Waals surface area contributed by atoms with E-state index in [4.69, 9.17) is 4.74 Å². The van der Waals surface area contributed by atoms with E-state index in [-0.39, 0.29) is 12.2 Å². The van der Waals surface area contributed by atoms with Crippen LogP contribution in [0.3, 0.4) is 0 Å². The molecule has 1 fully saturated rings. The highest BCUT2D eigenvalue weighted by atomic mass is 16.6. The maximum atomic E-state index is 13.3. The van der Waals surface area contributed by atoms with Crippen LogP contribution in [0, 0.1) is 0 Å². The number of aliphatic hydroxyl groups excluding tert-OH is 1. The molecule has 0 aliphatic carbocycles. The van der Waals surface area contributed by atoms with Crippen LogP contribution < -0.4 is 10.5 Å². The van der Waals surface area contributed by atoms with Crippen LogP contribution in [-0.4, -0.2) is 57.5 Å². The van der Waals surface area contributed by atoms with E-state index in [1.807, 2.05) is 56.0 Å². The number of amides is 1. The highest BCUT2D eigenvalue weighted by Crippen LogP contribution is 2.20. The zero-order valence-corrected chi connectivity index (χ0v) is 19.1. The van der Waals surface area contributed by atoms with Crippen LogP contribution in [0.5, 0.6) is 0 Å². The minimum Gasteiger partial charge on any atom is -0.443 e. The van der Waals surface area contributed by atoms with Crippen molar-refractivity contribution >= 4 is 11.9 Å². The van der Waals surface area contributed by atoms with Gasteiger partial charge in [-0.05, 0) is 39.2 Å². The molecule has 2 heterocycles.